The van der Waals surface area contributed by atoms with Crippen molar-refractivity contribution in [3.05, 3.63) is 35.4 Å². The van der Waals surface area contributed by atoms with Crippen molar-refractivity contribution >= 4 is 5.97 Å². The second-order valence-corrected chi connectivity index (χ2v) is 5.20. The maximum atomic E-state index is 11.8. The van der Waals surface area contributed by atoms with Gasteiger partial charge in [0.25, 0.3) is 0 Å². The predicted molar refractivity (Wildman–Crippen MR) is 69.0 cm³/mol. The number of aryl methyl sites for hydroxylation is 1. The zero-order valence-electron chi connectivity index (χ0n) is 11.2. The van der Waals surface area contributed by atoms with Crippen LogP contribution in [0.15, 0.2) is 24.3 Å². The number of hydrogen-bond acceptors (Lipinski definition) is 2. The van der Waals surface area contributed by atoms with Gasteiger partial charge in [0.15, 0.2) is 0 Å². The first-order valence-corrected chi connectivity index (χ1v) is 5.99. The number of carbonyl (C=O) groups excluding carboxylic acids is 1. The van der Waals surface area contributed by atoms with E-state index in [1.54, 1.807) is 6.07 Å². The van der Waals surface area contributed by atoms with Crippen LogP contribution < -0.4 is 0 Å². The zero-order chi connectivity index (χ0) is 12.9. The SMILES string of the molecule is CCc1cccc(C(=O)OCC[N+](C)(C)C)c1. The Morgan fingerprint density at radius 1 is 1.29 bits per heavy atom. The molecule has 0 aromatic heterocycles. The Kier molecular flexibility index (Phi) is 4.70. The Labute approximate surface area is 104 Å². The van der Waals surface area contributed by atoms with Gasteiger partial charge in [-0.2, -0.15) is 0 Å². The molecule has 1 aromatic carbocycles. The molecule has 0 radical (unpaired) electrons. The fourth-order valence-corrected chi connectivity index (χ4v) is 1.41. The lowest BCUT2D eigenvalue weighted by Crippen LogP contribution is -2.38. The first-order valence-electron chi connectivity index (χ1n) is 5.99. The van der Waals surface area contributed by atoms with Crippen LogP contribution in [0, 0.1) is 0 Å². The minimum absolute atomic E-state index is 0.228. The molecular formula is C14H22NO2+. The number of esters is 1. The molecule has 0 amide bonds. The summed E-state index contributed by atoms with van der Waals surface area (Å²) in [6.07, 6.45) is 0.931. The average Bonchev–Trinajstić information content (AvgIpc) is 2.27. The third kappa shape index (κ3) is 5.00. The van der Waals surface area contributed by atoms with E-state index in [0.717, 1.165) is 23.0 Å². The molecule has 0 aliphatic heterocycles. The lowest BCUT2D eigenvalue weighted by molar-refractivity contribution is -0.870. The summed E-state index contributed by atoms with van der Waals surface area (Å²) in [5, 5.41) is 0. The molecule has 0 fully saturated rings. The summed E-state index contributed by atoms with van der Waals surface area (Å²) in [4.78, 5) is 11.8. The van der Waals surface area contributed by atoms with E-state index in [1.165, 1.54) is 0 Å². The molecule has 0 spiro atoms. The summed E-state index contributed by atoms with van der Waals surface area (Å²) in [7, 11) is 6.22. The number of nitrogens with zero attached hydrogens (tertiary/aromatic N) is 1. The summed E-state index contributed by atoms with van der Waals surface area (Å²) >= 11 is 0. The molecule has 0 saturated heterocycles. The van der Waals surface area contributed by atoms with E-state index in [9.17, 15) is 4.79 Å². The molecule has 3 heteroatoms. The van der Waals surface area contributed by atoms with Gasteiger partial charge in [-0.1, -0.05) is 19.1 Å². The maximum absolute atomic E-state index is 11.8. The van der Waals surface area contributed by atoms with E-state index < -0.39 is 0 Å². The van der Waals surface area contributed by atoms with E-state index in [-0.39, 0.29) is 5.97 Å². The van der Waals surface area contributed by atoms with Crippen molar-refractivity contribution in [1.29, 1.82) is 0 Å². The normalized spacial score (nSPS) is 11.3. The molecule has 0 N–H and O–H groups in total. The lowest BCUT2D eigenvalue weighted by Gasteiger charge is -2.23. The van der Waals surface area contributed by atoms with Crippen molar-refractivity contribution in [2.45, 2.75) is 13.3 Å². The van der Waals surface area contributed by atoms with Gasteiger partial charge in [0.05, 0.1) is 26.7 Å². The molecule has 3 nitrogen and oxygen atoms in total. The van der Waals surface area contributed by atoms with E-state index in [0.29, 0.717) is 12.2 Å². The Morgan fingerprint density at radius 3 is 2.59 bits per heavy atom. The van der Waals surface area contributed by atoms with Crippen LogP contribution in [0.5, 0.6) is 0 Å². The van der Waals surface area contributed by atoms with Gasteiger partial charge in [0.2, 0.25) is 0 Å². The molecule has 0 bridgehead atoms. The quantitative estimate of drug-likeness (QED) is 0.578. The van der Waals surface area contributed by atoms with Crippen LogP contribution >= 0.6 is 0 Å². The van der Waals surface area contributed by atoms with Crippen molar-refractivity contribution < 1.29 is 14.0 Å². The Morgan fingerprint density at radius 2 is 2.00 bits per heavy atom. The number of rotatable bonds is 5. The smallest absolute Gasteiger partial charge is 0.338 e. The Hall–Kier alpha value is -1.35. The summed E-state index contributed by atoms with van der Waals surface area (Å²) in [5.41, 5.74) is 1.80. The molecule has 1 aromatic rings. The van der Waals surface area contributed by atoms with E-state index in [1.807, 2.05) is 18.2 Å². The van der Waals surface area contributed by atoms with Crippen molar-refractivity contribution in [3.8, 4) is 0 Å². The van der Waals surface area contributed by atoms with Crippen molar-refractivity contribution in [2.75, 3.05) is 34.3 Å². The summed E-state index contributed by atoms with van der Waals surface area (Å²) < 4.78 is 6.04. The minimum Gasteiger partial charge on any atom is -0.456 e. The zero-order valence-corrected chi connectivity index (χ0v) is 11.2. The van der Waals surface area contributed by atoms with Gasteiger partial charge in [-0.25, -0.2) is 4.79 Å². The van der Waals surface area contributed by atoms with Gasteiger partial charge < -0.3 is 9.22 Å². The monoisotopic (exact) mass is 236 g/mol. The van der Waals surface area contributed by atoms with E-state index in [2.05, 4.69) is 28.1 Å². The van der Waals surface area contributed by atoms with E-state index in [4.69, 9.17) is 4.74 Å². The first-order chi connectivity index (χ1) is 7.92. The van der Waals surface area contributed by atoms with Gasteiger partial charge >= 0.3 is 5.97 Å². The van der Waals surface area contributed by atoms with E-state index >= 15 is 0 Å². The van der Waals surface area contributed by atoms with Crippen LogP contribution in [0.1, 0.15) is 22.8 Å². The van der Waals surface area contributed by atoms with Crippen LogP contribution in [-0.2, 0) is 11.2 Å². The van der Waals surface area contributed by atoms with Crippen molar-refractivity contribution in [3.63, 3.8) is 0 Å². The third-order valence-electron chi connectivity index (χ3n) is 2.57. The second kappa shape index (κ2) is 5.82. The topological polar surface area (TPSA) is 26.3 Å². The fourth-order valence-electron chi connectivity index (χ4n) is 1.41. The summed E-state index contributed by atoms with van der Waals surface area (Å²) in [5.74, 6) is -0.228. The molecule has 0 heterocycles. The standard InChI is InChI=1S/C14H22NO2/c1-5-12-7-6-8-13(11-12)14(16)17-10-9-15(2,3)4/h6-8,11H,5,9-10H2,1-4H3/q+1. The molecular weight excluding hydrogens is 214 g/mol. The van der Waals surface area contributed by atoms with Crippen LogP contribution in [-0.4, -0.2) is 44.7 Å². The largest absolute Gasteiger partial charge is 0.456 e. The highest BCUT2D eigenvalue weighted by Gasteiger charge is 2.11. The molecule has 0 aliphatic rings. The summed E-state index contributed by atoms with van der Waals surface area (Å²) in [6.45, 7) is 3.35. The summed E-state index contributed by atoms with van der Waals surface area (Å²) in [6, 6.07) is 7.61. The number of carbonyl (C=O) groups is 1. The maximum Gasteiger partial charge on any atom is 0.338 e. The highest BCUT2D eigenvalue weighted by Crippen LogP contribution is 2.07. The molecule has 0 atom stereocenters. The van der Waals surface area contributed by atoms with Gasteiger partial charge in [-0.05, 0) is 24.1 Å². The minimum atomic E-state index is -0.228. The third-order valence-corrected chi connectivity index (χ3v) is 2.57. The van der Waals surface area contributed by atoms with Gasteiger partial charge in [0, 0.05) is 0 Å². The average molecular weight is 236 g/mol. The van der Waals surface area contributed by atoms with Gasteiger partial charge in [-0.15, -0.1) is 0 Å². The first kappa shape index (κ1) is 13.7. The van der Waals surface area contributed by atoms with Crippen molar-refractivity contribution in [1.82, 2.24) is 0 Å². The lowest BCUT2D eigenvalue weighted by atomic mass is 10.1. The molecule has 0 saturated carbocycles. The van der Waals surface area contributed by atoms with Crippen LogP contribution in [0.4, 0.5) is 0 Å². The highest BCUT2D eigenvalue weighted by atomic mass is 16.5. The van der Waals surface area contributed by atoms with Gasteiger partial charge in [-0.3, -0.25) is 0 Å². The predicted octanol–water partition coefficient (Wildman–Crippen LogP) is 2.11. The van der Waals surface area contributed by atoms with Gasteiger partial charge in [0.1, 0.15) is 13.2 Å². The van der Waals surface area contributed by atoms with Crippen LogP contribution in [0.3, 0.4) is 0 Å². The second-order valence-electron chi connectivity index (χ2n) is 5.20. The number of quaternary nitrogens is 1. The number of ether oxygens (including phenoxy) is 1. The number of likely N-dealkylation sites (N-methyl/N-ethyl adjacent to an activating group) is 1. The van der Waals surface area contributed by atoms with Crippen LogP contribution in [0.2, 0.25) is 0 Å². The molecule has 0 unspecified atom stereocenters. The van der Waals surface area contributed by atoms with Crippen molar-refractivity contribution in [2.24, 2.45) is 0 Å². The molecule has 94 valence electrons. The molecule has 17 heavy (non-hydrogen) atoms. The van der Waals surface area contributed by atoms with Crippen LogP contribution in [0.25, 0.3) is 0 Å². The number of hydrogen-bond donors (Lipinski definition) is 0. The molecule has 0 aliphatic carbocycles. The fraction of sp³-hybridized carbons (Fsp3) is 0.500. The Bertz CT molecular complexity index is 380. The highest BCUT2D eigenvalue weighted by molar-refractivity contribution is 5.89. The Balaban J connectivity index is 2.52. The number of benzene rings is 1. The molecule has 1 rings (SSSR count).